The monoisotopic (exact) mass is 274 g/mol. The Bertz CT molecular complexity index is 597. The Labute approximate surface area is 115 Å². The summed E-state index contributed by atoms with van der Waals surface area (Å²) >= 11 is 1.16. The highest BCUT2D eigenvalue weighted by atomic mass is 32.2. The Kier molecular flexibility index (Phi) is 4.16. The van der Waals surface area contributed by atoms with Gasteiger partial charge in [0.05, 0.1) is 11.4 Å². The van der Waals surface area contributed by atoms with Gasteiger partial charge in [0.1, 0.15) is 5.03 Å². The molecule has 0 aliphatic carbocycles. The number of carboxylic acids is 1. The molecule has 2 aromatic rings. The van der Waals surface area contributed by atoms with Crippen molar-refractivity contribution in [2.24, 2.45) is 0 Å². The Morgan fingerprint density at radius 3 is 2.53 bits per heavy atom. The van der Waals surface area contributed by atoms with Crippen LogP contribution in [0.1, 0.15) is 11.1 Å². The van der Waals surface area contributed by atoms with E-state index < -0.39 is 5.97 Å². The second-order valence-electron chi connectivity index (χ2n) is 4.24. The lowest BCUT2D eigenvalue weighted by Gasteiger charge is -2.04. The molecule has 4 nitrogen and oxygen atoms in total. The smallest absolute Gasteiger partial charge is 0.313 e. The highest BCUT2D eigenvalue weighted by Gasteiger charge is 2.05. The number of hydrogen-bond acceptors (Lipinski definition) is 4. The van der Waals surface area contributed by atoms with Crippen LogP contribution in [0, 0.1) is 13.8 Å². The second kappa shape index (κ2) is 5.84. The van der Waals surface area contributed by atoms with Crippen molar-refractivity contribution in [3.63, 3.8) is 0 Å². The Morgan fingerprint density at radius 1 is 1.16 bits per heavy atom. The molecule has 1 aromatic heterocycles. The number of benzene rings is 1. The van der Waals surface area contributed by atoms with E-state index in [1.807, 2.05) is 12.1 Å². The summed E-state index contributed by atoms with van der Waals surface area (Å²) in [6.45, 7) is 4.12. The van der Waals surface area contributed by atoms with E-state index >= 15 is 0 Å². The van der Waals surface area contributed by atoms with Crippen LogP contribution in [0.5, 0.6) is 0 Å². The number of aryl methyl sites for hydroxylation is 2. The Balaban J connectivity index is 2.17. The zero-order valence-corrected chi connectivity index (χ0v) is 11.6. The molecule has 1 heterocycles. The molecule has 98 valence electrons. The van der Waals surface area contributed by atoms with E-state index in [1.165, 1.54) is 11.1 Å². The van der Waals surface area contributed by atoms with Crippen molar-refractivity contribution in [3.8, 4) is 11.3 Å². The van der Waals surface area contributed by atoms with Crippen molar-refractivity contribution in [2.45, 2.75) is 18.9 Å². The fraction of sp³-hybridized carbons (Fsp3) is 0.214. The number of carbonyl (C=O) groups is 1. The fourth-order valence-corrected chi connectivity index (χ4v) is 2.12. The zero-order chi connectivity index (χ0) is 13.8. The van der Waals surface area contributed by atoms with Gasteiger partial charge < -0.3 is 5.11 Å². The van der Waals surface area contributed by atoms with Gasteiger partial charge in [0.25, 0.3) is 0 Å². The molecule has 0 atom stereocenters. The third kappa shape index (κ3) is 3.54. The van der Waals surface area contributed by atoms with Crippen LogP contribution in [-0.2, 0) is 4.79 Å². The number of thioether (sulfide) groups is 1. The molecule has 5 heteroatoms. The molecule has 0 radical (unpaired) electrons. The first-order chi connectivity index (χ1) is 9.06. The summed E-state index contributed by atoms with van der Waals surface area (Å²) < 4.78 is 0. The van der Waals surface area contributed by atoms with E-state index in [0.717, 1.165) is 23.0 Å². The lowest BCUT2D eigenvalue weighted by molar-refractivity contribution is -0.133. The van der Waals surface area contributed by atoms with Gasteiger partial charge in [0.2, 0.25) is 0 Å². The largest absolute Gasteiger partial charge is 0.481 e. The predicted molar refractivity (Wildman–Crippen MR) is 75.3 cm³/mol. The van der Waals surface area contributed by atoms with Gasteiger partial charge in [-0.1, -0.05) is 23.9 Å². The van der Waals surface area contributed by atoms with E-state index in [2.05, 4.69) is 36.2 Å². The molecule has 0 bridgehead atoms. The number of aliphatic carboxylic acids is 1. The first-order valence-electron chi connectivity index (χ1n) is 5.82. The van der Waals surface area contributed by atoms with Gasteiger partial charge in [-0.2, -0.15) is 0 Å². The number of aromatic nitrogens is 2. The normalized spacial score (nSPS) is 10.4. The van der Waals surface area contributed by atoms with Crippen molar-refractivity contribution in [1.82, 2.24) is 10.2 Å². The van der Waals surface area contributed by atoms with Gasteiger partial charge >= 0.3 is 5.97 Å². The molecule has 2 rings (SSSR count). The fourth-order valence-electron chi connectivity index (χ4n) is 1.59. The van der Waals surface area contributed by atoms with Crippen LogP contribution in [0.3, 0.4) is 0 Å². The van der Waals surface area contributed by atoms with Crippen LogP contribution in [0.4, 0.5) is 0 Å². The average Bonchev–Trinajstić information content (AvgIpc) is 2.40. The summed E-state index contributed by atoms with van der Waals surface area (Å²) in [5, 5.41) is 17.4. The maximum Gasteiger partial charge on any atom is 0.313 e. The Hall–Kier alpha value is -1.88. The molecule has 0 spiro atoms. The van der Waals surface area contributed by atoms with E-state index in [9.17, 15) is 4.79 Å². The zero-order valence-electron chi connectivity index (χ0n) is 10.8. The topological polar surface area (TPSA) is 63.1 Å². The summed E-state index contributed by atoms with van der Waals surface area (Å²) in [7, 11) is 0. The van der Waals surface area contributed by atoms with Crippen molar-refractivity contribution in [3.05, 3.63) is 41.5 Å². The highest BCUT2D eigenvalue weighted by Crippen LogP contribution is 2.21. The number of nitrogens with zero attached hydrogens (tertiary/aromatic N) is 2. The average molecular weight is 274 g/mol. The van der Waals surface area contributed by atoms with Gasteiger partial charge in [-0.3, -0.25) is 4.79 Å². The van der Waals surface area contributed by atoms with Gasteiger partial charge in [0, 0.05) is 5.56 Å². The van der Waals surface area contributed by atoms with Crippen molar-refractivity contribution in [1.29, 1.82) is 0 Å². The van der Waals surface area contributed by atoms with Crippen LogP contribution in [-0.4, -0.2) is 27.0 Å². The van der Waals surface area contributed by atoms with E-state index in [1.54, 1.807) is 6.07 Å². The standard InChI is InChI=1S/C14H14N2O2S/c1-9-3-4-11(7-10(9)2)12-5-6-13(16-15-12)19-8-14(17)18/h3-7H,8H2,1-2H3,(H,17,18). The minimum Gasteiger partial charge on any atom is -0.481 e. The first kappa shape index (κ1) is 13.5. The SMILES string of the molecule is Cc1ccc(-c2ccc(SCC(=O)O)nn2)cc1C. The number of hydrogen-bond donors (Lipinski definition) is 1. The highest BCUT2D eigenvalue weighted by molar-refractivity contribution is 7.99. The van der Waals surface area contributed by atoms with Crippen LogP contribution in [0.25, 0.3) is 11.3 Å². The maximum absolute atomic E-state index is 10.5. The van der Waals surface area contributed by atoms with Gasteiger partial charge in [-0.25, -0.2) is 0 Å². The maximum atomic E-state index is 10.5. The third-order valence-electron chi connectivity index (χ3n) is 2.79. The third-order valence-corrected chi connectivity index (χ3v) is 3.69. The molecule has 1 aromatic carbocycles. The van der Waals surface area contributed by atoms with E-state index in [-0.39, 0.29) is 5.75 Å². The molecule has 0 aliphatic rings. The minimum atomic E-state index is -0.856. The van der Waals surface area contributed by atoms with Crippen molar-refractivity contribution >= 4 is 17.7 Å². The summed E-state index contributed by atoms with van der Waals surface area (Å²) in [6.07, 6.45) is 0. The molecule has 0 unspecified atom stereocenters. The summed E-state index contributed by atoms with van der Waals surface area (Å²) in [5.74, 6) is -0.859. The quantitative estimate of drug-likeness (QED) is 0.868. The van der Waals surface area contributed by atoms with Crippen LogP contribution in [0.15, 0.2) is 35.4 Å². The van der Waals surface area contributed by atoms with Crippen LogP contribution >= 0.6 is 11.8 Å². The molecule has 0 saturated heterocycles. The summed E-state index contributed by atoms with van der Waals surface area (Å²) in [4.78, 5) is 10.5. The molecule has 0 saturated carbocycles. The first-order valence-corrected chi connectivity index (χ1v) is 6.81. The molecule has 0 aliphatic heterocycles. The molecular weight excluding hydrogens is 260 g/mol. The van der Waals surface area contributed by atoms with E-state index in [0.29, 0.717) is 5.03 Å². The van der Waals surface area contributed by atoms with Crippen LogP contribution < -0.4 is 0 Å². The lowest BCUT2D eigenvalue weighted by Crippen LogP contribution is -1.98. The predicted octanol–water partition coefficient (Wildman–Crippen LogP) is 2.94. The lowest BCUT2D eigenvalue weighted by atomic mass is 10.0. The van der Waals surface area contributed by atoms with Gasteiger partial charge in [-0.15, -0.1) is 10.2 Å². The summed E-state index contributed by atoms with van der Waals surface area (Å²) in [5.41, 5.74) is 4.27. The second-order valence-corrected chi connectivity index (χ2v) is 5.23. The van der Waals surface area contributed by atoms with Crippen molar-refractivity contribution in [2.75, 3.05) is 5.75 Å². The van der Waals surface area contributed by atoms with E-state index in [4.69, 9.17) is 5.11 Å². The van der Waals surface area contributed by atoms with Gasteiger partial charge in [0.15, 0.2) is 0 Å². The molecule has 1 N–H and O–H groups in total. The molecule has 19 heavy (non-hydrogen) atoms. The molecular formula is C14H14N2O2S. The minimum absolute atomic E-state index is 0.00231. The van der Waals surface area contributed by atoms with Gasteiger partial charge in [-0.05, 0) is 43.2 Å². The van der Waals surface area contributed by atoms with Crippen molar-refractivity contribution < 1.29 is 9.90 Å². The summed E-state index contributed by atoms with van der Waals surface area (Å²) in [6, 6.07) is 9.80. The molecule has 0 amide bonds. The molecule has 0 fully saturated rings. The van der Waals surface area contributed by atoms with Crippen LogP contribution in [0.2, 0.25) is 0 Å². The number of rotatable bonds is 4. The number of carboxylic acid groups (broad SMARTS) is 1. The Morgan fingerprint density at radius 2 is 1.95 bits per heavy atom.